The Bertz CT molecular complexity index is 759. The molecule has 0 aliphatic carbocycles. The van der Waals surface area contributed by atoms with Gasteiger partial charge in [0.1, 0.15) is 18.5 Å². The monoisotopic (exact) mass is 577 g/mol. The van der Waals surface area contributed by atoms with E-state index in [1.54, 1.807) is 31.1 Å². The minimum atomic E-state index is -0.263. The van der Waals surface area contributed by atoms with Crippen LogP contribution in [0.25, 0.3) is 0 Å². The maximum absolute atomic E-state index is 13.4. The molecule has 0 bridgehead atoms. The van der Waals surface area contributed by atoms with Crippen molar-refractivity contribution >= 4 is 35.8 Å². The molecule has 186 valence electrons. The molecule has 2 atom stereocenters. The topological polar surface area (TPSA) is 69.6 Å². The van der Waals surface area contributed by atoms with E-state index < -0.39 is 0 Å². The van der Waals surface area contributed by atoms with Crippen LogP contribution in [0.5, 0.6) is 0 Å². The number of halogens is 2. The predicted molar refractivity (Wildman–Crippen MR) is 138 cm³/mol. The second-order valence-corrected chi connectivity index (χ2v) is 8.55. The van der Waals surface area contributed by atoms with Crippen LogP contribution in [0.15, 0.2) is 29.3 Å². The number of amides is 1. The van der Waals surface area contributed by atoms with Crippen LogP contribution in [-0.4, -0.2) is 106 Å². The molecule has 2 aliphatic heterocycles. The molecule has 2 saturated heterocycles. The van der Waals surface area contributed by atoms with Gasteiger partial charge < -0.3 is 24.6 Å². The van der Waals surface area contributed by atoms with E-state index in [1.807, 2.05) is 6.92 Å². The maximum Gasteiger partial charge on any atom is 0.243 e. The van der Waals surface area contributed by atoms with Crippen LogP contribution in [0.4, 0.5) is 4.39 Å². The third kappa shape index (κ3) is 8.99. The predicted octanol–water partition coefficient (Wildman–Crippen LogP) is 1.96. The molecular weight excluding hydrogens is 540 g/mol. The van der Waals surface area contributed by atoms with Gasteiger partial charge in [-0.05, 0) is 37.6 Å². The third-order valence-corrected chi connectivity index (χ3v) is 5.70. The van der Waals surface area contributed by atoms with Crippen LogP contribution in [0, 0.1) is 5.82 Å². The summed E-state index contributed by atoms with van der Waals surface area (Å²) in [6.45, 7) is 8.65. The molecule has 1 amide bonds. The van der Waals surface area contributed by atoms with Crippen molar-refractivity contribution in [3.05, 3.63) is 35.6 Å². The van der Waals surface area contributed by atoms with Gasteiger partial charge in [-0.25, -0.2) is 9.38 Å². The molecule has 2 unspecified atom stereocenters. The van der Waals surface area contributed by atoms with E-state index in [0.29, 0.717) is 19.0 Å². The number of rotatable bonds is 7. The Morgan fingerprint density at radius 2 is 1.91 bits per heavy atom. The molecule has 2 fully saturated rings. The lowest BCUT2D eigenvalue weighted by atomic mass is 10.1. The molecule has 0 spiro atoms. The summed E-state index contributed by atoms with van der Waals surface area (Å²) < 4.78 is 24.9. The van der Waals surface area contributed by atoms with Gasteiger partial charge in [0.15, 0.2) is 5.96 Å². The number of morpholine rings is 2. The van der Waals surface area contributed by atoms with Gasteiger partial charge in [-0.3, -0.25) is 9.69 Å². The molecule has 0 saturated carbocycles. The van der Waals surface area contributed by atoms with E-state index >= 15 is 0 Å². The average Bonchev–Trinajstić information content (AvgIpc) is 2.79. The Labute approximate surface area is 213 Å². The Morgan fingerprint density at radius 1 is 1.21 bits per heavy atom. The molecule has 1 aromatic rings. The maximum atomic E-state index is 13.4. The molecular formula is C23H37FIN5O3. The number of likely N-dealkylation sites (N-methyl/N-ethyl adjacent to an activating group) is 1. The highest BCUT2D eigenvalue weighted by Crippen LogP contribution is 2.25. The fourth-order valence-electron chi connectivity index (χ4n) is 3.87. The molecule has 1 aromatic carbocycles. The number of benzene rings is 1. The molecule has 3 rings (SSSR count). The summed E-state index contributed by atoms with van der Waals surface area (Å²) in [5.41, 5.74) is 0.930. The summed E-state index contributed by atoms with van der Waals surface area (Å²) >= 11 is 0. The number of carbonyl (C=O) groups is 1. The number of ether oxygens (including phenoxy) is 2. The SMILES string of the molecule is CC1CN(C(=NCC(=O)N(C)C)NCCCN2CCOCC2)CC(c2ccc(F)cc2)O1.I. The van der Waals surface area contributed by atoms with Crippen molar-refractivity contribution in [2.24, 2.45) is 4.99 Å². The van der Waals surface area contributed by atoms with Gasteiger partial charge in [0.05, 0.1) is 25.9 Å². The number of hydrogen-bond donors (Lipinski definition) is 1. The molecule has 0 aromatic heterocycles. The summed E-state index contributed by atoms with van der Waals surface area (Å²) in [7, 11) is 3.46. The summed E-state index contributed by atoms with van der Waals surface area (Å²) in [5.74, 6) is 0.402. The van der Waals surface area contributed by atoms with E-state index in [4.69, 9.17) is 9.47 Å². The van der Waals surface area contributed by atoms with Gasteiger partial charge in [0, 0.05) is 40.3 Å². The zero-order valence-corrected chi connectivity index (χ0v) is 22.2. The third-order valence-electron chi connectivity index (χ3n) is 5.70. The van der Waals surface area contributed by atoms with Crippen molar-refractivity contribution in [2.75, 3.05) is 73.1 Å². The van der Waals surface area contributed by atoms with E-state index in [-0.39, 0.29) is 54.5 Å². The first-order chi connectivity index (χ1) is 15.4. The largest absolute Gasteiger partial charge is 0.379 e. The first-order valence-corrected chi connectivity index (χ1v) is 11.4. The van der Waals surface area contributed by atoms with Crippen molar-refractivity contribution in [1.82, 2.24) is 20.0 Å². The zero-order chi connectivity index (χ0) is 22.9. The Hall–Kier alpha value is -1.50. The Kier molecular flexibility index (Phi) is 11.8. The van der Waals surface area contributed by atoms with Gasteiger partial charge in [-0.15, -0.1) is 24.0 Å². The first kappa shape index (κ1) is 27.7. The second kappa shape index (κ2) is 14.0. The highest BCUT2D eigenvalue weighted by atomic mass is 127. The van der Waals surface area contributed by atoms with Crippen LogP contribution in [0.3, 0.4) is 0 Å². The lowest BCUT2D eigenvalue weighted by molar-refractivity contribution is -0.127. The standard InChI is InChI=1S/C23H36FN5O3.HI/c1-18-16-29(17-21(32-18)19-5-7-20(24)8-6-19)23(26-15-22(30)27(2)3)25-9-4-10-28-11-13-31-14-12-28;/h5-8,18,21H,4,9-17H2,1-3H3,(H,25,26);1H. The summed E-state index contributed by atoms with van der Waals surface area (Å²) in [6, 6.07) is 6.44. The van der Waals surface area contributed by atoms with Crippen molar-refractivity contribution < 1.29 is 18.7 Å². The molecule has 2 heterocycles. The quantitative estimate of drug-likeness (QED) is 0.232. The van der Waals surface area contributed by atoms with Gasteiger partial charge in [0.25, 0.3) is 0 Å². The van der Waals surface area contributed by atoms with Crippen molar-refractivity contribution in [2.45, 2.75) is 25.6 Å². The average molecular weight is 577 g/mol. The van der Waals surface area contributed by atoms with Crippen molar-refractivity contribution in [1.29, 1.82) is 0 Å². The van der Waals surface area contributed by atoms with Crippen LogP contribution in [-0.2, 0) is 14.3 Å². The molecule has 10 heteroatoms. The van der Waals surface area contributed by atoms with E-state index in [2.05, 4.69) is 20.1 Å². The Balaban J connectivity index is 0.00000385. The van der Waals surface area contributed by atoms with Crippen LogP contribution < -0.4 is 5.32 Å². The smallest absolute Gasteiger partial charge is 0.243 e. The lowest BCUT2D eigenvalue weighted by Gasteiger charge is -2.39. The minimum absolute atomic E-state index is 0. The van der Waals surface area contributed by atoms with Crippen molar-refractivity contribution in [3.8, 4) is 0 Å². The molecule has 2 aliphatic rings. The Morgan fingerprint density at radius 3 is 2.58 bits per heavy atom. The second-order valence-electron chi connectivity index (χ2n) is 8.55. The fourth-order valence-corrected chi connectivity index (χ4v) is 3.87. The fraction of sp³-hybridized carbons (Fsp3) is 0.652. The summed E-state index contributed by atoms with van der Waals surface area (Å²) in [4.78, 5) is 22.8. The summed E-state index contributed by atoms with van der Waals surface area (Å²) in [5, 5.41) is 3.46. The number of carbonyl (C=O) groups excluding carboxylic acids is 1. The number of guanidine groups is 1. The van der Waals surface area contributed by atoms with Gasteiger partial charge in [0.2, 0.25) is 5.91 Å². The lowest BCUT2D eigenvalue weighted by Crippen LogP contribution is -2.51. The van der Waals surface area contributed by atoms with Crippen LogP contribution in [0.1, 0.15) is 25.0 Å². The highest BCUT2D eigenvalue weighted by molar-refractivity contribution is 14.0. The minimum Gasteiger partial charge on any atom is -0.379 e. The highest BCUT2D eigenvalue weighted by Gasteiger charge is 2.28. The number of hydrogen-bond acceptors (Lipinski definition) is 5. The van der Waals surface area contributed by atoms with Gasteiger partial charge >= 0.3 is 0 Å². The van der Waals surface area contributed by atoms with E-state index in [1.165, 1.54) is 12.1 Å². The van der Waals surface area contributed by atoms with Crippen LogP contribution in [0.2, 0.25) is 0 Å². The first-order valence-electron chi connectivity index (χ1n) is 11.4. The molecule has 0 radical (unpaired) electrons. The van der Waals surface area contributed by atoms with E-state index in [0.717, 1.165) is 51.4 Å². The van der Waals surface area contributed by atoms with Crippen LogP contribution >= 0.6 is 24.0 Å². The van der Waals surface area contributed by atoms with Crippen molar-refractivity contribution in [3.63, 3.8) is 0 Å². The molecule has 8 nitrogen and oxygen atoms in total. The number of nitrogens with zero attached hydrogens (tertiary/aromatic N) is 4. The number of aliphatic imine (C=N–C) groups is 1. The van der Waals surface area contributed by atoms with Gasteiger partial charge in [-0.2, -0.15) is 0 Å². The molecule has 1 N–H and O–H groups in total. The van der Waals surface area contributed by atoms with E-state index in [9.17, 15) is 9.18 Å². The summed E-state index contributed by atoms with van der Waals surface area (Å²) in [6.07, 6.45) is 0.759. The van der Waals surface area contributed by atoms with Gasteiger partial charge in [-0.1, -0.05) is 12.1 Å². The molecule has 33 heavy (non-hydrogen) atoms. The number of nitrogens with one attached hydrogen (secondary N) is 1. The zero-order valence-electron chi connectivity index (χ0n) is 19.8. The normalized spacial score (nSPS) is 21.9.